The molecule has 0 saturated carbocycles. The van der Waals surface area contributed by atoms with Gasteiger partial charge >= 0.3 is 0 Å². The molecule has 9 nitrogen and oxygen atoms in total. The first-order valence-corrected chi connectivity index (χ1v) is 9.40. The Morgan fingerprint density at radius 1 is 1.10 bits per heavy atom. The predicted octanol–water partition coefficient (Wildman–Crippen LogP) is 2.48. The number of carbonyl (C=O) groups is 2. The number of para-hydroxylation sites is 3. The van der Waals surface area contributed by atoms with Crippen molar-refractivity contribution in [2.24, 2.45) is 5.92 Å². The van der Waals surface area contributed by atoms with Gasteiger partial charge in [0, 0.05) is 13.0 Å². The number of rotatable bonds is 6. The fourth-order valence-corrected chi connectivity index (χ4v) is 3.46. The smallest absolute Gasteiger partial charge is 0.249 e. The van der Waals surface area contributed by atoms with E-state index < -0.39 is 5.92 Å². The quantitative estimate of drug-likeness (QED) is 0.650. The second kappa shape index (κ2) is 8.24. The number of benzene rings is 2. The van der Waals surface area contributed by atoms with Gasteiger partial charge in [0.05, 0.1) is 31.4 Å². The third-order valence-electron chi connectivity index (χ3n) is 4.95. The molecule has 1 fully saturated rings. The summed E-state index contributed by atoms with van der Waals surface area (Å²) in [5.41, 5.74) is 1.38. The van der Waals surface area contributed by atoms with Gasteiger partial charge in [0.2, 0.25) is 17.8 Å². The van der Waals surface area contributed by atoms with Crippen molar-refractivity contribution in [2.75, 3.05) is 31.0 Å². The zero-order valence-corrected chi connectivity index (χ0v) is 16.6. The standard InChI is InChI=1S/C21H21N5O4/c1-29-16-9-5-3-7-14(16)19-22-21(25-24-19)23-20(28)13-11-18(27)26(12-13)15-8-4-6-10-17(15)30-2/h3-10,13H,11-12H2,1-2H3,(H2,22,23,24,25,28)/t13-/m1/s1. The second-order valence-electron chi connectivity index (χ2n) is 6.77. The predicted molar refractivity (Wildman–Crippen MR) is 110 cm³/mol. The highest BCUT2D eigenvalue weighted by Crippen LogP contribution is 2.33. The third kappa shape index (κ3) is 3.69. The average molecular weight is 407 g/mol. The van der Waals surface area contributed by atoms with E-state index >= 15 is 0 Å². The number of anilines is 2. The van der Waals surface area contributed by atoms with Crippen LogP contribution < -0.4 is 19.7 Å². The van der Waals surface area contributed by atoms with Crippen molar-refractivity contribution in [1.82, 2.24) is 15.2 Å². The maximum atomic E-state index is 12.7. The Bertz CT molecular complexity index is 1080. The lowest BCUT2D eigenvalue weighted by atomic mass is 10.1. The van der Waals surface area contributed by atoms with Gasteiger partial charge in [0.1, 0.15) is 11.5 Å². The van der Waals surface area contributed by atoms with Crippen molar-refractivity contribution in [3.05, 3.63) is 48.5 Å². The van der Waals surface area contributed by atoms with Gasteiger partial charge in [-0.2, -0.15) is 4.98 Å². The van der Waals surface area contributed by atoms with Crippen molar-refractivity contribution in [2.45, 2.75) is 6.42 Å². The van der Waals surface area contributed by atoms with Gasteiger partial charge in [-0.25, -0.2) is 0 Å². The van der Waals surface area contributed by atoms with E-state index in [0.717, 1.165) is 5.56 Å². The molecule has 0 spiro atoms. The van der Waals surface area contributed by atoms with Gasteiger partial charge in [0.15, 0.2) is 5.82 Å². The molecule has 2 N–H and O–H groups in total. The van der Waals surface area contributed by atoms with Crippen LogP contribution in [0.15, 0.2) is 48.5 Å². The van der Waals surface area contributed by atoms with Gasteiger partial charge in [-0.3, -0.25) is 20.0 Å². The maximum Gasteiger partial charge on any atom is 0.249 e. The number of nitrogens with zero attached hydrogens (tertiary/aromatic N) is 3. The SMILES string of the molecule is COc1ccccc1-c1nc(NC(=O)[C@@H]2CC(=O)N(c3ccccc3OC)C2)n[nH]1. The van der Waals surface area contributed by atoms with Crippen LogP contribution in [-0.4, -0.2) is 47.8 Å². The summed E-state index contributed by atoms with van der Waals surface area (Å²) in [6.07, 6.45) is 0.105. The van der Waals surface area contributed by atoms with Crippen LogP contribution in [0.5, 0.6) is 11.5 Å². The minimum absolute atomic E-state index is 0.105. The Hall–Kier alpha value is -3.88. The molecule has 0 bridgehead atoms. The molecule has 4 rings (SSSR count). The molecule has 2 heterocycles. The van der Waals surface area contributed by atoms with Crippen LogP contribution in [-0.2, 0) is 9.59 Å². The fraction of sp³-hybridized carbons (Fsp3) is 0.238. The van der Waals surface area contributed by atoms with Gasteiger partial charge < -0.3 is 14.4 Å². The van der Waals surface area contributed by atoms with Crippen LogP contribution in [0.3, 0.4) is 0 Å². The lowest BCUT2D eigenvalue weighted by molar-refractivity contribution is -0.122. The molecule has 0 aliphatic carbocycles. The molecule has 1 atom stereocenters. The van der Waals surface area contributed by atoms with Gasteiger partial charge in [-0.05, 0) is 24.3 Å². The molecular formula is C21H21N5O4. The Morgan fingerprint density at radius 3 is 2.57 bits per heavy atom. The van der Waals surface area contributed by atoms with Crippen molar-refractivity contribution >= 4 is 23.5 Å². The molecule has 1 aliphatic rings. The summed E-state index contributed by atoms with van der Waals surface area (Å²) in [5, 5.41) is 9.55. The molecule has 9 heteroatoms. The highest BCUT2D eigenvalue weighted by Gasteiger charge is 2.36. The first kappa shape index (κ1) is 19.4. The molecule has 2 amide bonds. The summed E-state index contributed by atoms with van der Waals surface area (Å²) in [6, 6.07) is 14.6. The van der Waals surface area contributed by atoms with Crippen molar-refractivity contribution in [3.8, 4) is 22.9 Å². The molecule has 1 aromatic heterocycles. The van der Waals surface area contributed by atoms with E-state index in [2.05, 4.69) is 20.5 Å². The van der Waals surface area contributed by atoms with Crippen LogP contribution in [0, 0.1) is 5.92 Å². The fourth-order valence-electron chi connectivity index (χ4n) is 3.46. The normalized spacial score (nSPS) is 15.9. The zero-order chi connectivity index (χ0) is 21.1. The summed E-state index contributed by atoms with van der Waals surface area (Å²) in [4.78, 5) is 31.1. The zero-order valence-electron chi connectivity index (χ0n) is 16.6. The average Bonchev–Trinajstić information content (AvgIpc) is 3.40. The maximum absolute atomic E-state index is 12.7. The van der Waals surface area contributed by atoms with Crippen LogP contribution in [0.4, 0.5) is 11.6 Å². The van der Waals surface area contributed by atoms with Gasteiger partial charge in [0.25, 0.3) is 0 Å². The van der Waals surface area contributed by atoms with Crippen LogP contribution in [0.2, 0.25) is 0 Å². The number of carbonyl (C=O) groups excluding carboxylic acids is 2. The summed E-state index contributed by atoms with van der Waals surface area (Å²) in [5.74, 6) is 0.874. The molecular weight excluding hydrogens is 386 g/mol. The molecule has 30 heavy (non-hydrogen) atoms. The van der Waals surface area contributed by atoms with Gasteiger partial charge in [-0.1, -0.05) is 24.3 Å². The number of ether oxygens (including phenoxy) is 2. The third-order valence-corrected chi connectivity index (χ3v) is 4.95. The van der Waals surface area contributed by atoms with E-state index in [9.17, 15) is 9.59 Å². The highest BCUT2D eigenvalue weighted by atomic mass is 16.5. The monoisotopic (exact) mass is 407 g/mol. The summed E-state index contributed by atoms with van der Waals surface area (Å²) < 4.78 is 10.7. The molecule has 1 saturated heterocycles. The first-order chi connectivity index (χ1) is 14.6. The number of nitrogens with one attached hydrogen (secondary N) is 2. The number of hydrogen-bond acceptors (Lipinski definition) is 6. The lowest BCUT2D eigenvalue weighted by Crippen LogP contribution is -2.28. The van der Waals surface area contributed by atoms with Gasteiger partial charge in [-0.15, -0.1) is 5.10 Å². The number of methoxy groups -OCH3 is 2. The number of hydrogen-bond donors (Lipinski definition) is 2. The topological polar surface area (TPSA) is 109 Å². The molecule has 3 aromatic rings. The van der Waals surface area contributed by atoms with E-state index in [1.54, 1.807) is 31.3 Å². The number of aromatic amines is 1. The van der Waals surface area contributed by atoms with E-state index in [4.69, 9.17) is 9.47 Å². The summed E-state index contributed by atoms with van der Waals surface area (Å²) >= 11 is 0. The second-order valence-corrected chi connectivity index (χ2v) is 6.77. The van der Waals surface area contributed by atoms with Crippen LogP contribution >= 0.6 is 0 Å². The molecule has 2 aromatic carbocycles. The summed E-state index contributed by atoms with van der Waals surface area (Å²) in [6.45, 7) is 0.259. The Labute approximate surface area is 173 Å². The number of amides is 2. The Kier molecular flexibility index (Phi) is 5.34. The first-order valence-electron chi connectivity index (χ1n) is 9.40. The molecule has 1 aliphatic heterocycles. The van der Waals surface area contributed by atoms with E-state index in [-0.39, 0.29) is 30.7 Å². The van der Waals surface area contributed by atoms with Crippen molar-refractivity contribution < 1.29 is 19.1 Å². The summed E-state index contributed by atoms with van der Waals surface area (Å²) in [7, 11) is 3.12. The Morgan fingerprint density at radius 2 is 1.80 bits per heavy atom. The van der Waals surface area contributed by atoms with Crippen LogP contribution in [0.1, 0.15) is 6.42 Å². The lowest BCUT2D eigenvalue weighted by Gasteiger charge is -2.19. The van der Waals surface area contributed by atoms with E-state index in [0.29, 0.717) is 23.0 Å². The minimum atomic E-state index is -0.518. The van der Waals surface area contributed by atoms with E-state index in [1.165, 1.54) is 0 Å². The molecule has 0 unspecified atom stereocenters. The highest BCUT2D eigenvalue weighted by molar-refractivity contribution is 6.03. The number of H-pyrrole nitrogens is 1. The van der Waals surface area contributed by atoms with Crippen molar-refractivity contribution in [3.63, 3.8) is 0 Å². The van der Waals surface area contributed by atoms with Crippen molar-refractivity contribution in [1.29, 1.82) is 0 Å². The van der Waals surface area contributed by atoms with E-state index in [1.807, 2.05) is 36.4 Å². The van der Waals surface area contributed by atoms with Crippen LogP contribution in [0.25, 0.3) is 11.4 Å². The Balaban J connectivity index is 1.46. The number of aromatic nitrogens is 3. The molecule has 0 radical (unpaired) electrons. The molecule has 154 valence electrons. The minimum Gasteiger partial charge on any atom is -0.496 e. The largest absolute Gasteiger partial charge is 0.496 e.